The second-order valence-corrected chi connectivity index (χ2v) is 25.4. The number of thioether (sulfide) groups is 2. The Bertz CT molecular complexity index is 3990. The van der Waals surface area contributed by atoms with Gasteiger partial charge in [-0.05, 0) is 181 Å². The number of benzene rings is 10. The molecule has 0 saturated carbocycles. The number of aryl methyl sites for hydroxylation is 2. The molecule has 436 valence electrons. The SMILES string of the molecule is CCCCc1ccc(-n2c3ccccc3c3cc(/C=N\N(CC(O)CSc4ccc(Sc5ccc(SCC(O)CN(/N=C/c6ccc7c(c6)c6ccccc6n7-c6ccc(CCCC)cc6)c6ccccc6)cc5)cc4)c4ccccc4)ccc32)cc1. The molecule has 0 aliphatic heterocycles. The summed E-state index contributed by atoms with van der Waals surface area (Å²) in [6.07, 6.45) is 9.51. The minimum Gasteiger partial charge on any atom is -0.390 e. The van der Waals surface area contributed by atoms with Crippen LogP contribution in [0.3, 0.4) is 0 Å². The van der Waals surface area contributed by atoms with E-state index in [9.17, 15) is 10.2 Å². The lowest BCUT2D eigenvalue weighted by atomic mass is 10.1. The number of hydrazone groups is 2. The molecule has 0 amide bonds. The van der Waals surface area contributed by atoms with Gasteiger partial charge in [0.25, 0.3) is 0 Å². The summed E-state index contributed by atoms with van der Waals surface area (Å²) in [6, 6.07) is 85.6. The van der Waals surface area contributed by atoms with Gasteiger partial charge in [-0.1, -0.05) is 148 Å². The van der Waals surface area contributed by atoms with Crippen LogP contribution in [-0.4, -0.2) is 68.6 Å². The zero-order valence-corrected chi connectivity index (χ0v) is 51.7. The molecule has 0 bridgehead atoms. The van der Waals surface area contributed by atoms with Crippen LogP contribution in [0.25, 0.3) is 55.0 Å². The molecule has 11 heteroatoms. The summed E-state index contributed by atoms with van der Waals surface area (Å²) >= 11 is 5.00. The Labute approximate surface area is 523 Å². The molecule has 12 aromatic rings. The first-order valence-electron chi connectivity index (χ1n) is 30.3. The third-order valence-electron chi connectivity index (χ3n) is 15.8. The highest BCUT2D eigenvalue weighted by Crippen LogP contribution is 2.36. The van der Waals surface area contributed by atoms with Crippen molar-refractivity contribution in [1.29, 1.82) is 0 Å². The average molecular weight is 1200 g/mol. The monoisotopic (exact) mass is 1200 g/mol. The maximum atomic E-state index is 11.5. The second kappa shape index (κ2) is 28.5. The predicted octanol–water partition coefficient (Wildman–Crippen LogP) is 18.7. The molecule has 0 saturated heterocycles. The molecule has 0 radical (unpaired) electrons. The van der Waals surface area contributed by atoms with Gasteiger partial charge in [-0.2, -0.15) is 10.2 Å². The highest BCUT2D eigenvalue weighted by Gasteiger charge is 2.18. The number of anilines is 2. The number of aromatic nitrogens is 2. The summed E-state index contributed by atoms with van der Waals surface area (Å²) in [6.45, 7) is 5.16. The molecule has 0 fully saturated rings. The maximum Gasteiger partial charge on any atom is 0.0830 e. The Hall–Kier alpha value is -8.29. The van der Waals surface area contributed by atoms with Crippen molar-refractivity contribution in [2.24, 2.45) is 10.2 Å². The van der Waals surface area contributed by atoms with Gasteiger partial charge >= 0.3 is 0 Å². The van der Waals surface area contributed by atoms with E-state index in [1.165, 1.54) is 69.4 Å². The van der Waals surface area contributed by atoms with Gasteiger partial charge in [0.1, 0.15) is 0 Å². The molecule has 12 rings (SSSR count). The lowest BCUT2D eigenvalue weighted by molar-refractivity contribution is 0.204. The zero-order valence-electron chi connectivity index (χ0n) is 49.3. The number of para-hydroxylation sites is 4. The number of aliphatic hydroxyl groups is 2. The molecule has 0 spiro atoms. The van der Waals surface area contributed by atoms with Gasteiger partial charge in [-0.15, -0.1) is 23.5 Å². The van der Waals surface area contributed by atoms with Gasteiger partial charge < -0.3 is 19.3 Å². The van der Waals surface area contributed by atoms with Crippen molar-refractivity contribution in [3.8, 4) is 11.4 Å². The van der Waals surface area contributed by atoms with Crippen LogP contribution in [0.5, 0.6) is 0 Å². The van der Waals surface area contributed by atoms with Crippen molar-refractivity contribution < 1.29 is 10.2 Å². The van der Waals surface area contributed by atoms with Crippen molar-refractivity contribution in [1.82, 2.24) is 9.13 Å². The highest BCUT2D eigenvalue weighted by molar-refractivity contribution is 8.00. The van der Waals surface area contributed by atoms with E-state index in [-0.39, 0.29) is 0 Å². The van der Waals surface area contributed by atoms with Gasteiger partial charge in [0.05, 0.1) is 71.2 Å². The van der Waals surface area contributed by atoms with Gasteiger partial charge in [0.15, 0.2) is 0 Å². The standard InChI is InChI=1S/C76H72N6O2S3/c1-3-5-17-55-27-33-61(34-28-55)81-73-25-15-13-23-69(73)71-47-57(31-45-75(71)81)49-77-79(59-19-9-7-10-20-59)51-63(83)53-85-65-37-41-67(42-38-65)87-68-43-39-66(40-44-68)86-54-64(84)52-80(60-21-11-8-12-22-60)78-50-58-32-46-76-72(48-58)70-24-14-16-26-74(70)82(76)62-35-29-56(30-36-62)18-6-4-2/h7-16,19-50,63-64,83-84H,3-6,17-18,51-54H2,1-2H3/b77-49-,78-50+. The minimum atomic E-state index is -0.638. The normalized spacial score (nSPS) is 12.6. The Morgan fingerprint density at radius 1 is 0.402 bits per heavy atom. The van der Waals surface area contributed by atoms with Crippen LogP contribution >= 0.6 is 35.3 Å². The number of rotatable bonds is 26. The third kappa shape index (κ3) is 14.4. The van der Waals surface area contributed by atoms with E-state index in [0.717, 1.165) is 77.3 Å². The first kappa shape index (κ1) is 59.1. The van der Waals surface area contributed by atoms with Crippen LogP contribution < -0.4 is 10.0 Å². The molecular weight excluding hydrogens is 1130 g/mol. The van der Waals surface area contributed by atoms with Crippen LogP contribution in [0.15, 0.2) is 272 Å². The Morgan fingerprint density at radius 3 is 1.17 bits per heavy atom. The fourth-order valence-electron chi connectivity index (χ4n) is 11.2. The van der Waals surface area contributed by atoms with Crippen LogP contribution in [-0.2, 0) is 12.8 Å². The minimum absolute atomic E-state index is 0.340. The lowest BCUT2D eigenvalue weighted by Crippen LogP contribution is -2.30. The molecule has 0 aliphatic carbocycles. The van der Waals surface area contributed by atoms with E-state index in [1.54, 1.807) is 35.3 Å². The van der Waals surface area contributed by atoms with Gasteiger partial charge in [-0.3, -0.25) is 10.0 Å². The van der Waals surface area contributed by atoms with E-state index in [2.05, 4.69) is 205 Å². The van der Waals surface area contributed by atoms with E-state index in [1.807, 2.05) is 83.1 Å². The summed E-state index contributed by atoms with van der Waals surface area (Å²) in [5.41, 5.74) is 13.5. The number of fused-ring (bicyclic) bond motifs is 6. The zero-order chi connectivity index (χ0) is 59.3. The molecule has 2 heterocycles. The number of unbranched alkanes of at least 4 members (excludes halogenated alkanes) is 2. The number of aliphatic hydroxyl groups excluding tert-OH is 2. The van der Waals surface area contributed by atoms with Crippen molar-refractivity contribution in [3.63, 3.8) is 0 Å². The maximum absolute atomic E-state index is 11.5. The lowest BCUT2D eigenvalue weighted by Gasteiger charge is -2.22. The summed E-state index contributed by atoms with van der Waals surface area (Å²) < 4.78 is 4.71. The third-order valence-corrected chi connectivity index (χ3v) is 19.1. The van der Waals surface area contributed by atoms with E-state index >= 15 is 0 Å². The van der Waals surface area contributed by atoms with Crippen LogP contribution in [0.2, 0.25) is 0 Å². The van der Waals surface area contributed by atoms with Crippen molar-refractivity contribution in [3.05, 3.63) is 265 Å². The Morgan fingerprint density at radius 2 is 0.770 bits per heavy atom. The smallest absolute Gasteiger partial charge is 0.0830 e. The average Bonchev–Trinajstić information content (AvgIpc) is 1.94. The van der Waals surface area contributed by atoms with Crippen molar-refractivity contribution >= 4 is 103 Å². The molecule has 2 aromatic heterocycles. The fourth-order valence-corrected chi connectivity index (χ4v) is 13.7. The predicted molar refractivity (Wildman–Crippen MR) is 372 cm³/mol. The first-order chi connectivity index (χ1) is 42.8. The van der Waals surface area contributed by atoms with E-state index in [0.29, 0.717) is 24.6 Å². The quantitative estimate of drug-likeness (QED) is 0.0318. The van der Waals surface area contributed by atoms with Crippen molar-refractivity contribution in [2.75, 3.05) is 34.6 Å². The molecular formula is C76H72N6O2S3. The summed E-state index contributed by atoms with van der Waals surface area (Å²) in [5, 5.41) is 41.5. The molecule has 87 heavy (non-hydrogen) atoms. The fraction of sp³-hybridized carbons (Fsp3) is 0.184. The summed E-state index contributed by atoms with van der Waals surface area (Å²) in [4.78, 5) is 4.46. The second-order valence-electron chi connectivity index (χ2n) is 22.1. The van der Waals surface area contributed by atoms with Crippen molar-refractivity contribution in [2.45, 2.75) is 84.2 Å². The molecule has 0 aliphatic rings. The van der Waals surface area contributed by atoms with Crippen LogP contribution in [0.4, 0.5) is 11.4 Å². The molecule has 2 N–H and O–H groups in total. The molecule has 2 unspecified atom stereocenters. The summed E-state index contributed by atoms with van der Waals surface area (Å²) in [7, 11) is 0. The first-order valence-corrected chi connectivity index (χ1v) is 33.1. The van der Waals surface area contributed by atoms with E-state index in [4.69, 9.17) is 10.2 Å². The number of hydrogen-bond donors (Lipinski definition) is 2. The number of nitrogens with zero attached hydrogens (tertiary/aromatic N) is 6. The molecule has 8 nitrogen and oxygen atoms in total. The Kier molecular flexibility index (Phi) is 19.3. The van der Waals surface area contributed by atoms with Crippen LogP contribution in [0, 0.1) is 0 Å². The van der Waals surface area contributed by atoms with E-state index < -0.39 is 12.2 Å². The van der Waals surface area contributed by atoms with Gasteiger partial charge in [0, 0.05) is 64.0 Å². The van der Waals surface area contributed by atoms with Gasteiger partial charge in [0.2, 0.25) is 0 Å². The van der Waals surface area contributed by atoms with Gasteiger partial charge in [-0.25, -0.2) is 0 Å². The number of hydrogen-bond acceptors (Lipinski definition) is 9. The molecule has 10 aromatic carbocycles. The summed E-state index contributed by atoms with van der Waals surface area (Å²) in [5.74, 6) is 1.03. The topological polar surface area (TPSA) is 81.5 Å². The largest absolute Gasteiger partial charge is 0.390 e. The molecule has 2 atom stereocenters. The highest BCUT2D eigenvalue weighted by atomic mass is 32.2. The van der Waals surface area contributed by atoms with Crippen LogP contribution in [0.1, 0.15) is 61.8 Å². The Balaban J connectivity index is 0.640.